The highest BCUT2D eigenvalue weighted by atomic mass is 16.1. The Kier molecular flexibility index (Phi) is 1.05. The maximum absolute atomic E-state index is 11.0. The van der Waals surface area contributed by atoms with E-state index in [-0.39, 0.29) is 11.3 Å². The lowest BCUT2D eigenvalue weighted by Gasteiger charge is -2.74. The summed E-state index contributed by atoms with van der Waals surface area (Å²) in [5, 5.41) is 0. The molecule has 11 heavy (non-hydrogen) atoms. The highest BCUT2D eigenvalue weighted by molar-refractivity contribution is 5.85. The third-order valence-corrected chi connectivity index (χ3v) is 4.28. The van der Waals surface area contributed by atoms with Crippen molar-refractivity contribution in [3.8, 4) is 0 Å². The predicted molar refractivity (Wildman–Crippen MR) is 42.7 cm³/mol. The van der Waals surface area contributed by atoms with E-state index in [0.29, 0.717) is 11.3 Å². The van der Waals surface area contributed by atoms with Gasteiger partial charge >= 0.3 is 0 Å². The van der Waals surface area contributed by atoms with E-state index in [1.54, 1.807) is 0 Å². The molecule has 0 unspecified atom stereocenters. The first-order valence-electron chi connectivity index (χ1n) is 4.37. The largest absolute Gasteiger partial charge is 0.369 e. The van der Waals surface area contributed by atoms with Crippen molar-refractivity contribution < 1.29 is 4.79 Å². The fourth-order valence-corrected chi connectivity index (χ4v) is 3.08. The molecular formula is C9H15NO. The average molecular weight is 153 g/mol. The van der Waals surface area contributed by atoms with E-state index in [1.807, 2.05) is 0 Å². The average Bonchev–Trinajstić information content (AvgIpc) is 1.85. The molecule has 0 aromatic heterocycles. The van der Waals surface area contributed by atoms with E-state index in [2.05, 4.69) is 13.8 Å². The molecule has 1 amide bonds. The molecule has 2 heteroatoms. The topological polar surface area (TPSA) is 43.1 Å². The maximum atomic E-state index is 11.0. The van der Waals surface area contributed by atoms with Crippen LogP contribution >= 0.6 is 0 Å². The van der Waals surface area contributed by atoms with Gasteiger partial charge in [-0.3, -0.25) is 4.79 Å². The van der Waals surface area contributed by atoms with Gasteiger partial charge in [0, 0.05) is 0 Å². The Balaban J connectivity index is 2.15. The van der Waals surface area contributed by atoms with Crippen molar-refractivity contribution in [1.82, 2.24) is 0 Å². The van der Waals surface area contributed by atoms with Gasteiger partial charge < -0.3 is 5.73 Å². The third kappa shape index (κ3) is 0.501. The zero-order chi connectivity index (χ0) is 8.28. The molecule has 3 aliphatic carbocycles. The van der Waals surface area contributed by atoms with Crippen LogP contribution in [-0.4, -0.2) is 5.91 Å². The molecule has 0 heterocycles. The number of rotatable bonds is 2. The van der Waals surface area contributed by atoms with Gasteiger partial charge in [0.05, 0.1) is 5.41 Å². The lowest BCUT2D eigenvalue weighted by Crippen LogP contribution is -2.73. The van der Waals surface area contributed by atoms with Gasteiger partial charge in [0.15, 0.2) is 0 Å². The molecule has 0 aliphatic heterocycles. The fraction of sp³-hybridized carbons (Fsp3) is 0.889. The smallest absolute Gasteiger partial charge is 0.223 e. The lowest BCUT2D eigenvalue weighted by molar-refractivity contribution is -0.255. The summed E-state index contributed by atoms with van der Waals surface area (Å²) >= 11 is 0. The molecule has 0 aromatic carbocycles. The highest BCUT2D eigenvalue weighted by Crippen LogP contribution is 2.78. The molecule has 2 bridgehead atoms. The number of hydrogen-bond donors (Lipinski definition) is 1. The van der Waals surface area contributed by atoms with Crippen LogP contribution in [0.15, 0.2) is 0 Å². The number of amides is 1. The minimum atomic E-state index is -0.0734. The first-order chi connectivity index (χ1) is 5.07. The summed E-state index contributed by atoms with van der Waals surface area (Å²) in [5.41, 5.74) is 5.77. The van der Waals surface area contributed by atoms with Crippen molar-refractivity contribution in [2.45, 2.75) is 33.1 Å². The van der Waals surface area contributed by atoms with Gasteiger partial charge in [-0.1, -0.05) is 20.3 Å². The molecule has 3 fully saturated rings. The standard InChI is InChI=1S/C9H15NO/c1-3-8-4-9(5-8,6(8)2)7(10)11/h6H,3-5H2,1-2H3,(H2,10,11)/t6-,8?,9?/m0/s1. The Bertz CT molecular complexity index is 216. The van der Waals surface area contributed by atoms with Crippen molar-refractivity contribution in [2.75, 3.05) is 0 Å². The quantitative estimate of drug-likeness (QED) is 0.638. The van der Waals surface area contributed by atoms with Crippen LogP contribution in [-0.2, 0) is 4.79 Å². The Labute approximate surface area is 67.1 Å². The van der Waals surface area contributed by atoms with Crippen molar-refractivity contribution in [1.29, 1.82) is 0 Å². The van der Waals surface area contributed by atoms with Crippen LogP contribution in [0, 0.1) is 16.7 Å². The summed E-state index contributed by atoms with van der Waals surface area (Å²) in [4.78, 5) is 11.0. The van der Waals surface area contributed by atoms with Gasteiger partial charge in [0.2, 0.25) is 5.91 Å². The SMILES string of the molecule is CCC12CC(C(N)=O)(C1)[C@H]2C. The van der Waals surface area contributed by atoms with Gasteiger partial charge in [-0.05, 0) is 24.2 Å². The molecule has 3 aliphatic rings. The van der Waals surface area contributed by atoms with Gasteiger partial charge in [-0.15, -0.1) is 0 Å². The molecule has 62 valence electrons. The first kappa shape index (κ1) is 7.14. The fourth-order valence-electron chi connectivity index (χ4n) is 3.08. The second kappa shape index (κ2) is 1.62. The van der Waals surface area contributed by atoms with E-state index in [4.69, 9.17) is 5.73 Å². The third-order valence-electron chi connectivity index (χ3n) is 4.28. The molecular weight excluding hydrogens is 138 g/mol. The van der Waals surface area contributed by atoms with Crippen LogP contribution in [0.5, 0.6) is 0 Å². The summed E-state index contributed by atoms with van der Waals surface area (Å²) in [6, 6.07) is 0. The molecule has 2 nitrogen and oxygen atoms in total. The van der Waals surface area contributed by atoms with Crippen LogP contribution in [0.3, 0.4) is 0 Å². The molecule has 0 radical (unpaired) electrons. The molecule has 1 atom stereocenters. The summed E-state index contributed by atoms with van der Waals surface area (Å²) in [6.45, 7) is 4.38. The van der Waals surface area contributed by atoms with Crippen LogP contribution < -0.4 is 5.73 Å². The van der Waals surface area contributed by atoms with E-state index >= 15 is 0 Å². The Morgan fingerprint density at radius 2 is 2.18 bits per heavy atom. The van der Waals surface area contributed by atoms with Crippen LogP contribution in [0.2, 0.25) is 0 Å². The predicted octanol–water partition coefficient (Wildman–Crippen LogP) is 1.30. The first-order valence-corrected chi connectivity index (χ1v) is 4.37. The van der Waals surface area contributed by atoms with E-state index in [0.717, 1.165) is 12.8 Å². The zero-order valence-electron chi connectivity index (χ0n) is 7.18. The van der Waals surface area contributed by atoms with E-state index in [1.165, 1.54) is 6.42 Å². The molecule has 3 saturated carbocycles. The summed E-state index contributed by atoms with van der Waals surface area (Å²) in [5.74, 6) is 0.484. The van der Waals surface area contributed by atoms with Crippen molar-refractivity contribution in [3.63, 3.8) is 0 Å². The van der Waals surface area contributed by atoms with Crippen LogP contribution in [0.1, 0.15) is 33.1 Å². The molecule has 2 N–H and O–H groups in total. The van der Waals surface area contributed by atoms with Crippen LogP contribution in [0.4, 0.5) is 0 Å². The summed E-state index contributed by atoms with van der Waals surface area (Å²) < 4.78 is 0. The normalized spacial score (nSPS) is 52.7. The van der Waals surface area contributed by atoms with Crippen molar-refractivity contribution in [2.24, 2.45) is 22.5 Å². The Hall–Kier alpha value is -0.530. The highest BCUT2D eigenvalue weighted by Gasteiger charge is 2.75. The monoisotopic (exact) mass is 153 g/mol. The molecule has 0 saturated heterocycles. The minimum Gasteiger partial charge on any atom is -0.369 e. The minimum absolute atomic E-state index is 0.0691. The molecule has 0 spiro atoms. The van der Waals surface area contributed by atoms with Gasteiger partial charge in [-0.2, -0.15) is 0 Å². The lowest BCUT2D eigenvalue weighted by atomic mass is 9.28. The Morgan fingerprint density at radius 3 is 2.45 bits per heavy atom. The number of nitrogens with two attached hydrogens (primary N) is 1. The number of primary amides is 1. The van der Waals surface area contributed by atoms with Gasteiger partial charge in [-0.25, -0.2) is 0 Å². The number of carbonyl (C=O) groups is 1. The summed E-state index contributed by atoms with van der Waals surface area (Å²) in [7, 11) is 0. The number of carbonyl (C=O) groups excluding carboxylic acids is 1. The van der Waals surface area contributed by atoms with Gasteiger partial charge in [0.25, 0.3) is 0 Å². The Morgan fingerprint density at radius 1 is 1.64 bits per heavy atom. The summed E-state index contributed by atoms with van der Waals surface area (Å²) in [6.07, 6.45) is 3.34. The second-order valence-corrected chi connectivity index (χ2v) is 4.31. The van der Waals surface area contributed by atoms with Crippen molar-refractivity contribution >= 4 is 5.91 Å². The van der Waals surface area contributed by atoms with E-state index in [9.17, 15) is 4.79 Å². The maximum Gasteiger partial charge on any atom is 0.223 e. The number of hydrogen-bond acceptors (Lipinski definition) is 1. The molecule has 3 rings (SSSR count). The van der Waals surface area contributed by atoms with Gasteiger partial charge in [0.1, 0.15) is 0 Å². The van der Waals surface area contributed by atoms with E-state index < -0.39 is 0 Å². The molecule has 0 aromatic rings. The second-order valence-electron chi connectivity index (χ2n) is 4.31. The van der Waals surface area contributed by atoms with Crippen molar-refractivity contribution in [3.05, 3.63) is 0 Å². The zero-order valence-corrected chi connectivity index (χ0v) is 7.18. The van der Waals surface area contributed by atoms with Crippen LogP contribution in [0.25, 0.3) is 0 Å².